The van der Waals surface area contributed by atoms with Crippen molar-refractivity contribution in [2.45, 2.75) is 12.8 Å². The zero-order valence-corrected chi connectivity index (χ0v) is 5.25. The molecule has 0 unspecified atom stereocenters. The summed E-state index contributed by atoms with van der Waals surface area (Å²) in [6, 6.07) is 0. The first kappa shape index (κ1) is 6.98. The number of hydrogen-bond donors (Lipinski definition) is 0. The molecule has 0 aromatic carbocycles. The van der Waals surface area contributed by atoms with E-state index in [4.69, 9.17) is 0 Å². The number of aromatic nitrogens is 3. The van der Waals surface area contributed by atoms with Crippen molar-refractivity contribution in [1.82, 2.24) is 15.0 Å². The first-order chi connectivity index (χ1) is 4.61. The lowest BCUT2D eigenvalue weighted by Gasteiger charge is -2.05. The number of hydrogen-bond acceptors (Lipinski definition) is 3. The topological polar surface area (TPSA) is 38.7 Å². The van der Waals surface area contributed by atoms with E-state index < -0.39 is 11.7 Å². The molecule has 0 aliphatic heterocycles. The van der Waals surface area contributed by atoms with Gasteiger partial charge in [0.1, 0.15) is 12.7 Å². The highest BCUT2D eigenvalue weighted by Crippen LogP contribution is 2.21. The van der Waals surface area contributed by atoms with Crippen LogP contribution in [-0.4, -0.2) is 15.0 Å². The molecule has 1 rings (SSSR count). The minimum absolute atomic E-state index is 0.498. The summed E-state index contributed by atoms with van der Waals surface area (Å²) in [5.74, 6) is -3.47. The average molecular weight is 145 g/mol. The average Bonchev–Trinajstić information content (AvgIpc) is 1.88. The molecule has 0 saturated carbocycles. The van der Waals surface area contributed by atoms with Gasteiger partial charge in [0.05, 0.1) is 0 Å². The third-order valence-electron chi connectivity index (χ3n) is 0.886. The van der Waals surface area contributed by atoms with Crippen LogP contribution in [0.15, 0.2) is 12.7 Å². The van der Waals surface area contributed by atoms with Crippen LogP contribution in [-0.2, 0) is 5.92 Å². The van der Waals surface area contributed by atoms with Gasteiger partial charge in [-0.3, -0.25) is 0 Å². The highest BCUT2D eigenvalue weighted by atomic mass is 19.3. The van der Waals surface area contributed by atoms with Gasteiger partial charge < -0.3 is 0 Å². The molecule has 0 spiro atoms. The molecule has 0 aliphatic rings. The Balaban J connectivity index is 2.97. The second kappa shape index (κ2) is 2.24. The molecule has 3 nitrogen and oxygen atoms in total. The van der Waals surface area contributed by atoms with Crippen LogP contribution in [0.2, 0.25) is 0 Å². The predicted octanol–water partition coefficient (Wildman–Crippen LogP) is 0.983. The van der Waals surface area contributed by atoms with E-state index in [9.17, 15) is 8.78 Å². The third kappa shape index (κ3) is 1.43. The van der Waals surface area contributed by atoms with Crippen LogP contribution in [0.1, 0.15) is 12.7 Å². The molecular formula is C5H5F2N3. The summed E-state index contributed by atoms with van der Waals surface area (Å²) in [7, 11) is 0. The lowest BCUT2D eigenvalue weighted by Crippen LogP contribution is -2.11. The maximum atomic E-state index is 12.3. The van der Waals surface area contributed by atoms with Crippen LogP contribution < -0.4 is 0 Å². The highest BCUT2D eigenvalue weighted by Gasteiger charge is 2.27. The van der Waals surface area contributed by atoms with Crippen molar-refractivity contribution in [3.63, 3.8) is 0 Å². The highest BCUT2D eigenvalue weighted by molar-refractivity contribution is 4.89. The van der Waals surface area contributed by atoms with Crippen molar-refractivity contribution in [2.24, 2.45) is 0 Å². The van der Waals surface area contributed by atoms with Gasteiger partial charge in [-0.2, -0.15) is 8.78 Å². The second-order valence-electron chi connectivity index (χ2n) is 1.85. The van der Waals surface area contributed by atoms with Gasteiger partial charge in [-0.15, -0.1) is 0 Å². The summed E-state index contributed by atoms with van der Waals surface area (Å²) in [4.78, 5) is 9.96. The molecule has 0 N–H and O–H groups in total. The van der Waals surface area contributed by atoms with Gasteiger partial charge in [-0.1, -0.05) is 0 Å². The Morgan fingerprint density at radius 3 is 2.10 bits per heavy atom. The van der Waals surface area contributed by atoms with Crippen LogP contribution >= 0.6 is 0 Å². The number of rotatable bonds is 1. The fraction of sp³-hybridized carbons (Fsp3) is 0.400. The molecule has 0 aliphatic carbocycles. The summed E-state index contributed by atoms with van der Waals surface area (Å²) in [6.07, 6.45) is 2.08. The summed E-state index contributed by atoms with van der Waals surface area (Å²) in [5, 5.41) is 0. The fourth-order valence-corrected chi connectivity index (χ4v) is 0.466. The van der Waals surface area contributed by atoms with E-state index in [1.54, 1.807) is 0 Å². The van der Waals surface area contributed by atoms with Crippen molar-refractivity contribution in [1.29, 1.82) is 0 Å². The van der Waals surface area contributed by atoms with E-state index >= 15 is 0 Å². The zero-order chi connectivity index (χ0) is 7.61. The Morgan fingerprint density at radius 1 is 1.30 bits per heavy atom. The molecule has 0 bridgehead atoms. The predicted molar refractivity (Wildman–Crippen MR) is 29.4 cm³/mol. The summed E-state index contributed by atoms with van der Waals surface area (Å²) in [6.45, 7) is 0.738. The van der Waals surface area contributed by atoms with E-state index in [2.05, 4.69) is 15.0 Å². The molecule has 0 atom stereocenters. The Morgan fingerprint density at radius 2 is 1.80 bits per heavy atom. The summed E-state index contributed by atoms with van der Waals surface area (Å²) in [5.41, 5.74) is 0. The molecule has 0 radical (unpaired) electrons. The van der Waals surface area contributed by atoms with Gasteiger partial charge in [-0.05, 0) is 0 Å². The van der Waals surface area contributed by atoms with Crippen molar-refractivity contribution >= 4 is 0 Å². The van der Waals surface area contributed by atoms with E-state index in [0.717, 1.165) is 19.6 Å². The number of alkyl halides is 2. The van der Waals surface area contributed by atoms with E-state index in [-0.39, 0.29) is 0 Å². The van der Waals surface area contributed by atoms with E-state index in [1.165, 1.54) is 0 Å². The van der Waals surface area contributed by atoms with Crippen molar-refractivity contribution in [3.8, 4) is 0 Å². The Bertz CT molecular complexity index is 206. The smallest absolute Gasteiger partial charge is 0.225 e. The monoisotopic (exact) mass is 145 g/mol. The molecule has 0 amide bonds. The minimum Gasteiger partial charge on any atom is -0.225 e. The Kier molecular flexibility index (Phi) is 1.57. The molecule has 1 aromatic heterocycles. The standard InChI is InChI=1S/C5H5F2N3/c1-5(6,7)4-9-2-8-3-10-4/h2-3H,1H3. The quantitative estimate of drug-likeness (QED) is 0.591. The van der Waals surface area contributed by atoms with Gasteiger partial charge >= 0.3 is 5.92 Å². The minimum atomic E-state index is -2.97. The number of nitrogens with zero attached hydrogens (tertiary/aromatic N) is 3. The van der Waals surface area contributed by atoms with Gasteiger partial charge in [0, 0.05) is 6.92 Å². The van der Waals surface area contributed by atoms with Gasteiger partial charge in [-0.25, -0.2) is 15.0 Å². The molecule has 10 heavy (non-hydrogen) atoms. The number of halogens is 2. The SMILES string of the molecule is CC(F)(F)c1ncncn1. The van der Waals surface area contributed by atoms with Crippen molar-refractivity contribution < 1.29 is 8.78 Å². The van der Waals surface area contributed by atoms with Crippen LogP contribution in [0.3, 0.4) is 0 Å². The van der Waals surface area contributed by atoms with Crippen LogP contribution in [0.4, 0.5) is 8.78 Å². The zero-order valence-electron chi connectivity index (χ0n) is 5.25. The molecule has 0 fully saturated rings. The van der Waals surface area contributed by atoms with Crippen LogP contribution in [0, 0.1) is 0 Å². The van der Waals surface area contributed by atoms with Crippen molar-refractivity contribution in [3.05, 3.63) is 18.5 Å². The molecule has 54 valence electrons. The van der Waals surface area contributed by atoms with E-state index in [0.29, 0.717) is 0 Å². The van der Waals surface area contributed by atoms with E-state index in [1.807, 2.05) is 0 Å². The van der Waals surface area contributed by atoms with Gasteiger partial charge in [0.2, 0.25) is 5.82 Å². The largest absolute Gasteiger partial charge is 0.303 e. The third-order valence-corrected chi connectivity index (χ3v) is 0.886. The molecule has 1 heterocycles. The maximum absolute atomic E-state index is 12.3. The first-order valence-corrected chi connectivity index (χ1v) is 2.61. The molecule has 1 aromatic rings. The maximum Gasteiger partial charge on any atom is 0.303 e. The second-order valence-corrected chi connectivity index (χ2v) is 1.85. The lowest BCUT2D eigenvalue weighted by atomic mass is 10.4. The molecular weight excluding hydrogens is 140 g/mol. The van der Waals surface area contributed by atoms with Crippen LogP contribution in [0.25, 0.3) is 0 Å². The Labute approximate surface area is 56.2 Å². The summed E-state index contributed by atoms with van der Waals surface area (Å²) >= 11 is 0. The van der Waals surface area contributed by atoms with Gasteiger partial charge in [0.15, 0.2) is 0 Å². The lowest BCUT2D eigenvalue weighted by molar-refractivity contribution is 0.00741. The molecule has 0 saturated heterocycles. The van der Waals surface area contributed by atoms with Gasteiger partial charge in [0.25, 0.3) is 0 Å². The van der Waals surface area contributed by atoms with Crippen LogP contribution in [0.5, 0.6) is 0 Å². The van der Waals surface area contributed by atoms with Crippen molar-refractivity contribution in [2.75, 3.05) is 0 Å². The molecule has 5 heteroatoms. The Hall–Kier alpha value is -1.13. The normalized spacial score (nSPS) is 11.5. The first-order valence-electron chi connectivity index (χ1n) is 2.61. The fourth-order valence-electron chi connectivity index (χ4n) is 0.466. The summed E-state index contributed by atoms with van der Waals surface area (Å²) < 4.78 is 24.6.